The molecule has 1 atom stereocenters. The van der Waals surface area contributed by atoms with Gasteiger partial charge in [-0.05, 0) is 30.4 Å². The van der Waals surface area contributed by atoms with Gasteiger partial charge in [0.25, 0.3) is 0 Å². The Bertz CT molecular complexity index is 699. The lowest BCUT2D eigenvalue weighted by Crippen LogP contribution is -2.31. The number of halogens is 1. The van der Waals surface area contributed by atoms with Crippen LogP contribution < -0.4 is 5.32 Å². The first-order valence-corrected chi connectivity index (χ1v) is 7.58. The van der Waals surface area contributed by atoms with Gasteiger partial charge in [0, 0.05) is 5.92 Å². The van der Waals surface area contributed by atoms with Crippen LogP contribution in [0, 0.1) is 11.3 Å². The Labute approximate surface area is 128 Å². The third-order valence-electron chi connectivity index (χ3n) is 4.34. The number of para-hydroxylation sites is 2. The van der Waals surface area contributed by atoms with Crippen molar-refractivity contribution >= 4 is 34.4 Å². The van der Waals surface area contributed by atoms with Gasteiger partial charge < -0.3 is 5.32 Å². The Morgan fingerprint density at radius 1 is 1.29 bits per heavy atom. The van der Waals surface area contributed by atoms with Gasteiger partial charge in [-0.3, -0.25) is 4.79 Å². The van der Waals surface area contributed by atoms with Gasteiger partial charge in [0.1, 0.15) is 0 Å². The molecule has 21 heavy (non-hydrogen) atoms. The van der Waals surface area contributed by atoms with Crippen LogP contribution >= 0.6 is 11.6 Å². The molecule has 0 radical (unpaired) electrons. The van der Waals surface area contributed by atoms with Gasteiger partial charge >= 0.3 is 0 Å². The Morgan fingerprint density at radius 2 is 1.95 bits per heavy atom. The zero-order valence-electron chi connectivity index (χ0n) is 12.2. The normalized spacial score (nSPS) is 20.6. The van der Waals surface area contributed by atoms with Crippen molar-refractivity contribution < 1.29 is 4.79 Å². The maximum absolute atomic E-state index is 12.5. The molecular formula is C16H18ClN3O. The third kappa shape index (κ3) is 2.72. The molecule has 3 rings (SSSR count). The van der Waals surface area contributed by atoms with Gasteiger partial charge in [0.2, 0.25) is 5.91 Å². The summed E-state index contributed by atoms with van der Waals surface area (Å²) in [6, 6.07) is 7.47. The van der Waals surface area contributed by atoms with Gasteiger partial charge in [-0.15, -0.1) is 0 Å². The summed E-state index contributed by atoms with van der Waals surface area (Å²) in [5, 5.41) is 3.09. The van der Waals surface area contributed by atoms with Crippen LogP contribution in [-0.2, 0) is 4.79 Å². The summed E-state index contributed by atoms with van der Waals surface area (Å²) in [4.78, 5) is 21.2. The number of amides is 1. The number of carbonyl (C=O) groups is 1. The van der Waals surface area contributed by atoms with E-state index in [1.165, 1.54) is 0 Å². The molecule has 4 nitrogen and oxygen atoms in total. The fraction of sp³-hybridized carbons (Fsp3) is 0.438. The molecule has 1 unspecified atom stereocenters. The first-order valence-electron chi connectivity index (χ1n) is 7.20. The van der Waals surface area contributed by atoms with E-state index >= 15 is 0 Å². The van der Waals surface area contributed by atoms with E-state index in [-0.39, 0.29) is 22.4 Å². The number of aromatic nitrogens is 2. The lowest BCUT2D eigenvalue weighted by Gasteiger charge is -2.25. The van der Waals surface area contributed by atoms with Crippen molar-refractivity contribution in [1.82, 2.24) is 9.97 Å². The molecule has 110 valence electrons. The molecule has 1 saturated carbocycles. The number of hydrogen-bond donors (Lipinski definition) is 1. The number of nitrogens with zero attached hydrogens (tertiary/aromatic N) is 2. The fourth-order valence-corrected chi connectivity index (χ4v) is 3.26. The Balaban J connectivity index is 1.88. The second-order valence-corrected chi connectivity index (χ2v) is 6.63. The van der Waals surface area contributed by atoms with Crippen LogP contribution in [0.4, 0.5) is 5.82 Å². The van der Waals surface area contributed by atoms with Crippen LogP contribution in [0.25, 0.3) is 11.0 Å². The number of nitrogens with one attached hydrogen (secondary N) is 1. The maximum atomic E-state index is 12.5. The Hall–Kier alpha value is -1.68. The van der Waals surface area contributed by atoms with E-state index in [9.17, 15) is 4.79 Å². The zero-order valence-corrected chi connectivity index (χ0v) is 12.9. The summed E-state index contributed by atoms with van der Waals surface area (Å²) in [7, 11) is 0. The Morgan fingerprint density at radius 3 is 2.57 bits per heavy atom. The predicted octanol–water partition coefficient (Wildman–Crippen LogP) is 4.05. The number of hydrogen-bond acceptors (Lipinski definition) is 3. The molecule has 5 heteroatoms. The largest absolute Gasteiger partial charge is 0.308 e. The van der Waals surface area contributed by atoms with E-state index in [1.54, 1.807) is 0 Å². The van der Waals surface area contributed by atoms with Gasteiger partial charge in [-0.2, -0.15) is 0 Å². The lowest BCUT2D eigenvalue weighted by molar-refractivity contribution is -0.122. The summed E-state index contributed by atoms with van der Waals surface area (Å²) >= 11 is 6.14. The summed E-state index contributed by atoms with van der Waals surface area (Å²) in [6.07, 6.45) is 3.07. The van der Waals surface area contributed by atoms with Crippen LogP contribution in [0.15, 0.2) is 24.3 Å². The number of benzene rings is 1. The second kappa shape index (κ2) is 5.26. The van der Waals surface area contributed by atoms with Crippen LogP contribution in [-0.4, -0.2) is 15.9 Å². The van der Waals surface area contributed by atoms with E-state index in [1.807, 2.05) is 24.3 Å². The highest BCUT2D eigenvalue weighted by Gasteiger charge is 2.39. The lowest BCUT2D eigenvalue weighted by atomic mass is 9.81. The molecule has 1 fully saturated rings. The van der Waals surface area contributed by atoms with Crippen LogP contribution in [0.2, 0.25) is 5.15 Å². The smallest absolute Gasteiger partial charge is 0.229 e. The van der Waals surface area contributed by atoms with Crippen molar-refractivity contribution in [3.05, 3.63) is 29.4 Å². The molecule has 1 heterocycles. The minimum Gasteiger partial charge on any atom is -0.308 e. The molecule has 0 aliphatic heterocycles. The number of fused-ring (bicyclic) bond motifs is 1. The van der Waals surface area contributed by atoms with E-state index in [0.717, 1.165) is 30.3 Å². The second-order valence-electron chi connectivity index (χ2n) is 6.27. The summed E-state index contributed by atoms with van der Waals surface area (Å²) in [5.41, 5.74) is 1.48. The van der Waals surface area contributed by atoms with Gasteiger partial charge in [-0.25, -0.2) is 9.97 Å². The molecule has 1 aliphatic carbocycles. The highest BCUT2D eigenvalue weighted by atomic mass is 35.5. The van der Waals surface area contributed by atoms with Crippen molar-refractivity contribution in [3.63, 3.8) is 0 Å². The molecule has 0 spiro atoms. The van der Waals surface area contributed by atoms with Crippen molar-refractivity contribution in [2.24, 2.45) is 11.3 Å². The topological polar surface area (TPSA) is 54.9 Å². The van der Waals surface area contributed by atoms with Crippen molar-refractivity contribution in [3.8, 4) is 0 Å². The highest BCUT2D eigenvalue weighted by Crippen LogP contribution is 2.43. The molecule has 2 aromatic rings. The molecule has 1 N–H and O–H groups in total. The predicted molar refractivity (Wildman–Crippen MR) is 84.3 cm³/mol. The standard InChI is InChI=1S/C16H18ClN3O/c1-16(2)9-5-6-10(16)15(21)20-14-13(17)18-11-7-3-4-8-12(11)19-14/h3-4,7-8,10H,5-6,9H2,1-2H3,(H,19,20,21). The average Bonchev–Trinajstić information content (AvgIpc) is 2.79. The quantitative estimate of drug-likeness (QED) is 0.910. The monoisotopic (exact) mass is 303 g/mol. The zero-order chi connectivity index (χ0) is 15.0. The number of carbonyl (C=O) groups excluding carboxylic acids is 1. The minimum atomic E-state index is -0.0102. The average molecular weight is 304 g/mol. The van der Waals surface area contributed by atoms with Gasteiger partial charge in [-0.1, -0.05) is 44.0 Å². The molecule has 0 bridgehead atoms. The van der Waals surface area contributed by atoms with E-state index < -0.39 is 0 Å². The first-order chi connectivity index (χ1) is 9.97. The molecule has 1 aromatic carbocycles. The Kier molecular flexibility index (Phi) is 3.57. The van der Waals surface area contributed by atoms with Crippen molar-refractivity contribution in [2.45, 2.75) is 33.1 Å². The van der Waals surface area contributed by atoms with E-state index in [4.69, 9.17) is 11.6 Å². The molecule has 1 amide bonds. The van der Waals surface area contributed by atoms with Gasteiger partial charge in [0.15, 0.2) is 11.0 Å². The SMILES string of the molecule is CC1(C)CCCC1C(=O)Nc1nc2ccccc2nc1Cl. The molecular weight excluding hydrogens is 286 g/mol. The number of anilines is 1. The van der Waals surface area contributed by atoms with Crippen LogP contribution in [0.3, 0.4) is 0 Å². The van der Waals surface area contributed by atoms with Crippen molar-refractivity contribution in [2.75, 3.05) is 5.32 Å². The van der Waals surface area contributed by atoms with Crippen LogP contribution in [0.5, 0.6) is 0 Å². The maximum Gasteiger partial charge on any atom is 0.229 e. The first kappa shape index (κ1) is 14.3. The minimum absolute atomic E-state index is 0.00170. The third-order valence-corrected chi connectivity index (χ3v) is 4.61. The number of rotatable bonds is 2. The fourth-order valence-electron chi connectivity index (χ4n) is 3.07. The summed E-state index contributed by atoms with van der Waals surface area (Å²) in [5.74, 6) is 0.342. The molecule has 0 saturated heterocycles. The van der Waals surface area contributed by atoms with Crippen LogP contribution in [0.1, 0.15) is 33.1 Å². The summed E-state index contributed by atoms with van der Waals surface area (Å²) < 4.78 is 0. The summed E-state index contributed by atoms with van der Waals surface area (Å²) in [6.45, 7) is 4.27. The highest BCUT2D eigenvalue weighted by molar-refractivity contribution is 6.32. The van der Waals surface area contributed by atoms with Gasteiger partial charge in [0.05, 0.1) is 11.0 Å². The van der Waals surface area contributed by atoms with E-state index in [0.29, 0.717) is 5.82 Å². The molecule has 1 aromatic heterocycles. The van der Waals surface area contributed by atoms with E-state index in [2.05, 4.69) is 29.1 Å². The van der Waals surface area contributed by atoms with Crippen molar-refractivity contribution in [1.29, 1.82) is 0 Å². The molecule has 1 aliphatic rings.